The standard InChI is InChI=1S/C10H18N2O.C2H6/c1-3-4-10(13)12-7-8-5-9(12)6-11(8)2;1-2/h8-9H,3-7H2,1-2H3;1-2H3. The van der Waals surface area contributed by atoms with Crippen molar-refractivity contribution >= 4 is 5.91 Å². The van der Waals surface area contributed by atoms with Crippen LogP contribution >= 0.6 is 0 Å². The van der Waals surface area contributed by atoms with Crippen molar-refractivity contribution in [1.29, 1.82) is 0 Å². The normalized spacial score (nSPS) is 28.9. The quantitative estimate of drug-likeness (QED) is 0.696. The van der Waals surface area contributed by atoms with Gasteiger partial charge >= 0.3 is 0 Å². The molecule has 3 nitrogen and oxygen atoms in total. The number of carbonyl (C=O) groups excluding carboxylic acids is 1. The highest BCUT2D eigenvalue weighted by Gasteiger charge is 2.42. The molecule has 0 spiro atoms. The minimum absolute atomic E-state index is 0.364. The lowest BCUT2D eigenvalue weighted by molar-refractivity contribution is -0.133. The van der Waals surface area contributed by atoms with Gasteiger partial charge in [-0.05, 0) is 19.9 Å². The van der Waals surface area contributed by atoms with E-state index in [2.05, 4.69) is 23.8 Å². The zero-order valence-corrected chi connectivity index (χ0v) is 10.5. The lowest BCUT2D eigenvalue weighted by Gasteiger charge is -2.31. The van der Waals surface area contributed by atoms with Crippen molar-refractivity contribution < 1.29 is 4.79 Å². The first-order valence-electron chi connectivity index (χ1n) is 6.22. The highest BCUT2D eigenvalue weighted by atomic mass is 16.2. The van der Waals surface area contributed by atoms with Crippen LogP contribution < -0.4 is 0 Å². The number of hydrogen-bond donors (Lipinski definition) is 0. The summed E-state index contributed by atoms with van der Waals surface area (Å²) in [6.07, 6.45) is 2.90. The molecule has 0 N–H and O–H groups in total. The second kappa shape index (κ2) is 5.50. The smallest absolute Gasteiger partial charge is 0.222 e. The molecule has 3 heteroatoms. The Morgan fingerprint density at radius 2 is 1.93 bits per heavy atom. The predicted octanol–water partition coefficient (Wildman–Crippen LogP) is 1.73. The van der Waals surface area contributed by atoms with Crippen molar-refractivity contribution in [1.82, 2.24) is 9.80 Å². The number of rotatable bonds is 2. The third kappa shape index (κ3) is 2.51. The predicted molar refractivity (Wildman–Crippen MR) is 62.8 cm³/mol. The maximum absolute atomic E-state index is 11.6. The van der Waals surface area contributed by atoms with Crippen LogP contribution in [-0.2, 0) is 4.79 Å². The van der Waals surface area contributed by atoms with E-state index in [1.54, 1.807) is 0 Å². The highest BCUT2D eigenvalue weighted by Crippen LogP contribution is 2.29. The Morgan fingerprint density at radius 1 is 1.27 bits per heavy atom. The summed E-state index contributed by atoms with van der Waals surface area (Å²) in [6.45, 7) is 8.12. The number of piperazine rings is 1. The Hall–Kier alpha value is -0.570. The number of amides is 1. The van der Waals surface area contributed by atoms with E-state index in [0.717, 1.165) is 25.9 Å². The molecule has 0 aromatic rings. The monoisotopic (exact) mass is 212 g/mol. The lowest BCUT2D eigenvalue weighted by Crippen LogP contribution is -2.47. The molecule has 2 unspecified atom stereocenters. The van der Waals surface area contributed by atoms with Crippen molar-refractivity contribution in [3.8, 4) is 0 Å². The SMILES string of the molecule is CC.CCCC(=O)N1CC2CC1CN2C. The molecule has 2 fully saturated rings. The molecule has 2 saturated heterocycles. The number of fused-ring (bicyclic) bond motifs is 2. The van der Waals surface area contributed by atoms with Crippen molar-refractivity contribution in [3.63, 3.8) is 0 Å². The van der Waals surface area contributed by atoms with Crippen molar-refractivity contribution in [2.75, 3.05) is 20.1 Å². The van der Waals surface area contributed by atoms with Crippen molar-refractivity contribution in [2.45, 2.75) is 52.1 Å². The maximum Gasteiger partial charge on any atom is 0.222 e. The summed E-state index contributed by atoms with van der Waals surface area (Å²) < 4.78 is 0. The fourth-order valence-corrected chi connectivity index (χ4v) is 2.53. The third-order valence-electron chi connectivity index (χ3n) is 3.30. The summed E-state index contributed by atoms with van der Waals surface area (Å²) in [5.41, 5.74) is 0. The second-order valence-electron chi connectivity index (χ2n) is 4.28. The fraction of sp³-hybridized carbons (Fsp3) is 0.917. The van der Waals surface area contributed by atoms with Crippen molar-refractivity contribution in [3.05, 3.63) is 0 Å². The Bertz CT molecular complexity index is 216. The van der Waals surface area contributed by atoms with Crippen LogP contribution in [-0.4, -0.2) is 47.9 Å². The molecule has 2 aliphatic rings. The van der Waals surface area contributed by atoms with Crippen LogP contribution in [0.3, 0.4) is 0 Å². The third-order valence-corrected chi connectivity index (χ3v) is 3.30. The number of nitrogens with zero attached hydrogens (tertiary/aromatic N) is 2. The minimum atomic E-state index is 0.364. The number of carbonyl (C=O) groups is 1. The van der Waals surface area contributed by atoms with Crippen LogP contribution in [0, 0.1) is 0 Å². The largest absolute Gasteiger partial charge is 0.337 e. The first kappa shape index (κ1) is 12.5. The molecule has 0 aromatic heterocycles. The van der Waals surface area contributed by atoms with Crippen LogP contribution in [0.2, 0.25) is 0 Å². The topological polar surface area (TPSA) is 23.6 Å². The zero-order chi connectivity index (χ0) is 11.4. The summed E-state index contributed by atoms with van der Waals surface area (Å²) in [6, 6.07) is 1.17. The molecule has 2 bridgehead atoms. The first-order chi connectivity index (χ1) is 7.22. The van der Waals surface area contributed by atoms with E-state index in [4.69, 9.17) is 0 Å². The van der Waals surface area contributed by atoms with Gasteiger partial charge in [0.15, 0.2) is 0 Å². The Morgan fingerprint density at radius 3 is 2.33 bits per heavy atom. The van der Waals surface area contributed by atoms with Gasteiger partial charge < -0.3 is 4.90 Å². The average Bonchev–Trinajstić information content (AvgIpc) is 2.79. The van der Waals surface area contributed by atoms with Crippen LogP contribution in [0.15, 0.2) is 0 Å². The van der Waals surface area contributed by atoms with Gasteiger partial charge in [-0.1, -0.05) is 20.8 Å². The molecule has 2 aliphatic heterocycles. The van der Waals surface area contributed by atoms with Gasteiger partial charge in [0.05, 0.1) is 0 Å². The molecule has 1 amide bonds. The molecule has 2 heterocycles. The molecular formula is C12H24N2O. The van der Waals surface area contributed by atoms with Gasteiger partial charge in [0.2, 0.25) is 5.91 Å². The average molecular weight is 212 g/mol. The Labute approximate surface area is 93.4 Å². The Balaban J connectivity index is 0.000000531. The number of likely N-dealkylation sites (tertiary alicyclic amines) is 2. The van der Waals surface area contributed by atoms with Crippen LogP contribution in [0.1, 0.15) is 40.0 Å². The van der Waals surface area contributed by atoms with Gasteiger partial charge in [0, 0.05) is 31.6 Å². The van der Waals surface area contributed by atoms with Crippen LogP contribution in [0.5, 0.6) is 0 Å². The maximum atomic E-state index is 11.6. The van der Waals surface area contributed by atoms with E-state index in [9.17, 15) is 4.79 Å². The number of hydrogen-bond acceptors (Lipinski definition) is 2. The van der Waals surface area contributed by atoms with Crippen molar-refractivity contribution in [2.24, 2.45) is 0 Å². The van der Waals surface area contributed by atoms with Crippen LogP contribution in [0.25, 0.3) is 0 Å². The molecule has 0 aromatic carbocycles. The van der Waals surface area contributed by atoms with Gasteiger partial charge in [-0.25, -0.2) is 0 Å². The second-order valence-corrected chi connectivity index (χ2v) is 4.28. The zero-order valence-electron chi connectivity index (χ0n) is 10.5. The summed E-state index contributed by atoms with van der Waals surface area (Å²) in [5, 5.41) is 0. The van der Waals surface area contributed by atoms with E-state index in [0.29, 0.717) is 18.0 Å². The van der Waals surface area contributed by atoms with Gasteiger partial charge in [0.25, 0.3) is 0 Å². The van der Waals surface area contributed by atoms with Gasteiger partial charge in [0.1, 0.15) is 0 Å². The molecular weight excluding hydrogens is 188 g/mol. The van der Waals surface area contributed by atoms with Crippen LogP contribution in [0.4, 0.5) is 0 Å². The van der Waals surface area contributed by atoms with Gasteiger partial charge in [-0.3, -0.25) is 9.69 Å². The van der Waals surface area contributed by atoms with E-state index >= 15 is 0 Å². The van der Waals surface area contributed by atoms with Gasteiger partial charge in [-0.15, -0.1) is 0 Å². The van der Waals surface area contributed by atoms with E-state index in [1.807, 2.05) is 13.8 Å². The first-order valence-corrected chi connectivity index (χ1v) is 6.22. The summed E-state index contributed by atoms with van der Waals surface area (Å²) in [4.78, 5) is 16.1. The molecule has 88 valence electrons. The molecule has 15 heavy (non-hydrogen) atoms. The van der Waals surface area contributed by atoms with E-state index in [1.165, 1.54) is 6.42 Å². The Kier molecular flexibility index (Phi) is 4.58. The lowest BCUT2D eigenvalue weighted by atomic mass is 10.2. The number of likely N-dealkylation sites (N-methyl/N-ethyl adjacent to an activating group) is 1. The summed E-state index contributed by atoms with van der Waals surface area (Å²) >= 11 is 0. The van der Waals surface area contributed by atoms with Gasteiger partial charge in [-0.2, -0.15) is 0 Å². The molecule has 0 saturated carbocycles. The van der Waals surface area contributed by atoms with E-state index < -0.39 is 0 Å². The molecule has 2 atom stereocenters. The molecule has 0 aliphatic carbocycles. The molecule has 0 radical (unpaired) electrons. The van der Waals surface area contributed by atoms with E-state index in [-0.39, 0.29) is 0 Å². The molecule has 2 rings (SSSR count). The minimum Gasteiger partial charge on any atom is -0.337 e. The highest BCUT2D eigenvalue weighted by molar-refractivity contribution is 5.77. The summed E-state index contributed by atoms with van der Waals surface area (Å²) in [5.74, 6) is 0.364. The summed E-state index contributed by atoms with van der Waals surface area (Å²) in [7, 11) is 2.16. The fourth-order valence-electron chi connectivity index (χ4n) is 2.53.